The highest BCUT2D eigenvalue weighted by molar-refractivity contribution is 6.30. The highest BCUT2D eigenvalue weighted by atomic mass is 35.5. The summed E-state index contributed by atoms with van der Waals surface area (Å²) in [5.41, 5.74) is 0.313. The van der Waals surface area contributed by atoms with E-state index in [4.69, 9.17) is 11.6 Å². The van der Waals surface area contributed by atoms with E-state index in [1.807, 2.05) is 0 Å². The van der Waals surface area contributed by atoms with Crippen LogP contribution in [0.1, 0.15) is 24.2 Å². The van der Waals surface area contributed by atoms with Crippen molar-refractivity contribution in [1.29, 1.82) is 0 Å². The lowest BCUT2D eigenvalue weighted by atomic mass is 10.2. The zero-order valence-electron chi connectivity index (χ0n) is 8.49. The number of esters is 2. The summed E-state index contributed by atoms with van der Waals surface area (Å²) in [7, 11) is 0. The Hall–Kier alpha value is -1.35. The van der Waals surface area contributed by atoms with Gasteiger partial charge in [-0.25, -0.2) is 4.79 Å². The summed E-state index contributed by atoms with van der Waals surface area (Å²) in [5, 5.41) is 0.529. The Bertz CT molecular complexity index is 368. The molecule has 0 saturated heterocycles. The van der Waals surface area contributed by atoms with Crippen molar-refractivity contribution in [3.63, 3.8) is 0 Å². The molecule has 1 aromatic rings. The summed E-state index contributed by atoms with van der Waals surface area (Å²) in [5.74, 6) is -1.50. The molecule has 0 radical (unpaired) electrons. The topological polar surface area (TPSA) is 43.4 Å². The van der Waals surface area contributed by atoms with Crippen LogP contribution in [0.4, 0.5) is 0 Å². The van der Waals surface area contributed by atoms with E-state index in [0.29, 0.717) is 10.6 Å². The third kappa shape index (κ3) is 3.36. The minimum Gasteiger partial charge on any atom is -0.389 e. The lowest BCUT2D eigenvalue weighted by molar-refractivity contribution is -0.141. The first-order valence-electron chi connectivity index (χ1n) is 4.52. The van der Waals surface area contributed by atoms with Crippen molar-refractivity contribution < 1.29 is 14.3 Å². The van der Waals surface area contributed by atoms with Gasteiger partial charge < -0.3 is 4.74 Å². The minimum absolute atomic E-state index is 0.313. The number of halogens is 1. The average Bonchev–Trinajstić information content (AvgIpc) is 2.18. The molecule has 3 nitrogen and oxygen atoms in total. The molecule has 0 unspecified atom stereocenters. The zero-order valence-corrected chi connectivity index (χ0v) is 9.25. The van der Waals surface area contributed by atoms with Gasteiger partial charge in [0.1, 0.15) is 0 Å². The van der Waals surface area contributed by atoms with Gasteiger partial charge in [0, 0.05) is 5.02 Å². The molecule has 0 aliphatic heterocycles. The first-order chi connectivity index (χ1) is 7.00. The van der Waals surface area contributed by atoms with Crippen molar-refractivity contribution in [2.24, 2.45) is 5.92 Å². The summed E-state index contributed by atoms with van der Waals surface area (Å²) in [6.45, 7) is 3.33. The van der Waals surface area contributed by atoms with E-state index in [0.717, 1.165) is 0 Å². The molecule has 15 heavy (non-hydrogen) atoms. The summed E-state index contributed by atoms with van der Waals surface area (Å²) < 4.78 is 4.62. The smallest absolute Gasteiger partial charge is 0.345 e. The van der Waals surface area contributed by atoms with Gasteiger partial charge in [-0.15, -0.1) is 0 Å². The largest absolute Gasteiger partial charge is 0.389 e. The van der Waals surface area contributed by atoms with Crippen molar-refractivity contribution in [2.45, 2.75) is 13.8 Å². The van der Waals surface area contributed by atoms with Crippen molar-refractivity contribution in [1.82, 2.24) is 0 Å². The number of ether oxygens (including phenoxy) is 1. The van der Waals surface area contributed by atoms with Crippen LogP contribution in [0.2, 0.25) is 5.02 Å². The molecule has 0 atom stereocenters. The number of carbonyl (C=O) groups is 2. The Morgan fingerprint density at radius 2 is 1.73 bits per heavy atom. The Labute approximate surface area is 93.0 Å². The highest BCUT2D eigenvalue weighted by Crippen LogP contribution is 2.11. The van der Waals surface area contributed by atoms with Crippen LogP contribution in [0.15, 0.2) is 24.3 Å². The molecule has 0 fully saturated rings. The molecule has 0 saturated carbocycles. The number of hydrogen-bond acceptors (Lipinski definition) is 3. The first-order valence-corrected chi connectivity index (χ1v) is 4.90. The van der Waals surface area contributed by atoms with Gasteiger partial charge in [0.2, 0.25) is 0 Å². The Morgan fingerprint density at radius 3 is 2.20 bits per heavy atom. The number of carbonyl (C=O) groups excluding carboxylic acids is 2. The second kappa shape index (κ2) is 4.94. The van der Waals surface area contributed by atoms with Crippen molar-refractivity contribution in [3.05, 3.63) is 34.9 Å². The quantitative estimate of drug-likeness (QED) is 0.575. The maximum atomic E-state index is 11.4. The molecule has 1 aromatic carbocycles. The van der Waals surface area contributed by atoms with Gasteiger partial charge in [0.25, 0.3) is 0 Å². The fraction of sp³-hybridized carbons (Fsp3) is 0.273. The molecule has 0 bridgehead atoms. The third-order valence-electron chi connectivity index (χ3n) is 1.74. The van der Waals surface area contributed by atoms with Gasteiger partial charge >= 0.3 is 11.9 Å². The molecule has 0 aromatic heterocycles. The van der Waals surface area contributed by atoms with E-state index in [1.54, 1.807) is 26.0 Å². The zero-order chi connectivity index (χ0) is 11.4. The monoisotopic (exact) mass is 226 g/mol. The van der Waals surface area contributed by atoms with E-state index in [2.05, 4.69) is 4.74 Å². The molecule has 0 amide bonds. The van der Waals surface area contributed by atoms with E-state index in [9.17, 15) is 9.59 Å². The second-order valence-corrected chi connectivity index (χ2v) is 3.81. The van der Waals surface area contributed by atoms with E-state index in [-0.39, 0.29) is 5.92 Å². The molecular weight excluding hydrogens is 216 g/mol. The van der Waals surface area contributed by atoms with Crippen LogP contribution < -0.4 is 0 Å². The van der Waals surface area contributed by atoms with Gasteiger partial charge in [-0.1, -0.05) is 25.4 Å². The fourth-order valence-electron chi connectivity index (χ4n) is 0.854. The predicted octanol–water partition coefficient (Wildman–Crippen LogP) is 2.68. The Balaban J connectivity index is 2.69. The average molecular weight is 227 g/mol. The van der Waals surface area contributed by atoms with Crippen LogP contribution in [-0.4, -0.2) is 11.9 Å². The molecule has 0 heterocycles. The Morgan fingerprint density at radius 1 is 1.20 bits per heavy atom. The van der Waals surface area contributed by atoms with Crippen molar-refractivity contribution in [3.8, 4) is 0 Å². The number of hydrogen-bond donors (Lipinski definition) is 0. The molecule has 80 valence electrons. The lowest BCUT2D eigenvalue weighted by Gasteiger charge is -2.04. The van der Waals surface area contributed by atoms with Gasteiger partial charge in [-0.05, 0) is 24.3 Å². The van der Waals surface area contributed by atoms with Gasteiger partial charge in [-0.3, -0.25) is 4.79 Å². The van der Waals surface area contributed by atoms with Gasteiger partial charge in [0.15, 0.2) is 0 Å². The maximum absolute atomic E-state index is 11.4. The molecule has 4 heteroatoms. The lowest BCUT2D eigenvalue weighted by Crippen LogP contribution is -2.17. The van der Waals surface area contributed by atoms with E-state index in [1.165, 1.54) is 12.1 Å². The molecule has 0 N–H and O–H groups in total. The van der Waals surface area contributed by atoms with Crippen LogP contribution in [0.25, 0.3) is 0 Å². The SMILES string of the molecule is CC(C)C(=O)OC(=O)c1ccc(Cl)cc1. The molecular formula is C11H11ClO3. The van der Waals surface area contributed by atoms with Crippen LogP contribution in [0.5, 0.6) is 0 Å². The van der Waals surface area contributed by atoms with Crippen LogP contribution >= 0.6 is 11.6 Å². The van der Waals surface area contributed by atoms with Gasteiger partial charge in [0.05, 0.1) is 11.5 Å². The van der Waals surface area contributed by atoms with Crippen LogP contribution in [-0.2, 0) is 9.53 Å². The summed E-state index contributed by atoms with van der Waals surface area (Å²) in [6, 6.07) is 6.16. The van der Waals surface area contributed by atoms with Crippen molar-refractivity contribution in [2.75, 3.05) is 0 Å². The van der Waals surface area contributed by atoms with Gasteiger partial charge in [-0.2, -0.15) is 0 Å². The fourth-order valence-corrected chi connectivity index (χ4v) is 0.980. The standard InChI is InChI=1S/C11H11ClO3/c1-7(2)10(13)15-11(14)8-3-5-9(12)6-4-8/h3-7H,1-2H3. The molecule has 1 rings (SSSR count). The number of rotatable bonds is 2. The van der Waals surface area contributed by atoms with Crippen LogP contribution in [0.3, 0.4) is 0 Å². The normalized spacial score (nSPS) is 10.1. The minimum atomic E-state index is -0.648. The molecule has 0 spiro atoms. The highest BCUT2D eigenvalue weighted by Gasteiger charge is 2.15. The summed E-state index contributed by atoms with van der Waals surface area (Å²) in [6.07, 6.45) is 0. The second-order valence-electron chi connectivity index (χ2n) is 3.37. The first kappa shape index (κ1) is 11.7. The number of benzene rings is 1. The van der Waals surface area contributed by atoms with Crippen molar-refractivity contribution >= 4 is 23.5 Å². The molecule has 0 aliphatic carbocycles. The maximum Gasteiger partial charge on any atom is 0.345 e. The van der Waals surface area contributed by atoms with E-state index < -0.39 is 11.9 Å². The van der Waals surface area contributed by atoms with Crippen LogP contribution in [0, 0.1) is 5.92 Å². The summed E-state index contributed by atoms with van der Waals surface area (Å²) >= 11 is 5.65. The predicted molar refractivity (Wildman–Crippen MR) is 56.7 cm³/mol. The Kier molecular flexibility index (Phi) is 3.86. The third-order valence-corrected chi connectivity index (χ3v) is 2.00. The summed E-state index contributed by atoms with van der Waals surface area (Å²) in [4.78, 5) is 22.5. The molecule has 0 aliphatic rings. The van der Waals surface area contributed by atoms with E-state index >= 15 is 0 Å².